The number of ether oxygens (including phenoxy) is 2. The van der Waals surface area contributed by atoms with E-state index >= 15 is 0 Å². The van der Waals surface area contributed by atoms with Gasteiger partial charge in [0.1, 0.15) is 0 Å². The number of carbonyl (C=O) groups is 1. The van der Waals surface area contributed by atoms with Crippen LogP contribution >= 0.6 is 0 Å². The lowest BCUT2D eigenvalue weighted by atomic mass is 10.0. The summed E-state index contributed by atoms with van der Waals surface area (Å²) >= 11 is 0. The van der Waals surface area contributed by atoms with Crippen molar-refractivity contribution in [3.8, 4) is 23.0 Å². The molecular formula is C19H23NO5. The van der Waals surface area contributed by atoms with E-state index in [4.69, 9.17) is 9.47 Å². The number of aromatic hydroxyl groups is 2. The van der Waals surface area contributed by atoms with Crippen molar-refractivity contribution >= 4 is 5.91 Å². The van der Waals surface area contributed by atoms with Gasteiger partial charge in [-0.05, 0) is 55.7 Å². The summed E-state index contributed by atoms with van der Waals surface area (Å²) in [5.74, 6) is 0.577. The fourth-order valence-electron chi connectivity index (χ4n) is 2.37. The fourth-order valence-corrected chi connectivity index (χ4v) is 2.37. The van der Waals surface area contributed by atoms with Gasteiger partial charge in [-0.15, -0.1) is 0 Å². The lowest BCUT2D eigenvalue weighted by Gasteiger charge is -2.12. The lowest BCUT2D eigenvalue weighted by molar-refractivity contribution is -0.123. The Morgan fingerprint density at radius 3 is 2.40 bits per heavy atom. The number of phenolic OH excluding ortho intramolecular Hbond substituents is 2. The van der Waals surface area contributed by atoms with Gasteiger partial charge in [-0.25, -0.2) is 0 Å². The first kappa shape index (κ1) is 18.4. The number of hydrogen-bond acceptors (Lipinski definition) is 5. The number of carbonyl (C=O) groups excluding carboxylic acids is 1. The molecule has 25 heavy (non-hydrogen) atoms. The van der Waals surface area contributed by atoms with Crippen LogP contribution in [0, 0.1) is 6.92 Å². The Kier molecular flexibility index (Phi) is 6.51. The maximum Gasteiger partial charge on any atom is 0.257 e. The topological polar surface area (TPSA) is 88.0 Å². The Morgan fingerprint density at radius 1 is 1.08 bits per heavy atom. The largest absolute Gasteiger partial charge is 0.504 e. The second kappa shape index (κ2) is 8.82. The standard InChI is InChI=1S/C19H23NO5/c1-3-24-17-6-4-5-7-18(17)25-12-19(23)20-9-8-14-11-16(22)15(21)10-13(14)2/h4-7,10-11,21-22H,3,8-9,12H2,1-2H3,(H,20,23). The van der Waals surface area contributed by atoms with Crippen molar-refractivity contribution in [2.45, 2.75) is 20.3 Å². The molecule has 1 amide bonds. The van der Waals surface area contributed by atoms with Crippen molar-refractivity contribution in [3.63, 3.8) is 0 Å². The highest BCUT2D eigenvalue weighted by Crippen LogP contribution is 2.28. The van der Waals surface area contributed by atoms with Gasteiger partial charge in [-0.1, -0.05) is 12.1 Å². The molecule has 6 heteroatoms. The molecule has 2 aromatic rings. The van der Waals surface area contributed by atoms with Crippen LogP contribution in [0.4, 0.5) is 0 Å². The summed E-state index contributed by atoms with van der Waals surface area (Å²) in [6.07, 6.45) is 0.543. The number of aryl methyl sites for hydroxylation is 1. The Labute approximate surface area is 147 Å². The van der Waals surface area contributed by atoms with E-state index in [0.29, 0.717) is 31.1 Å². The zero-order chi connectivity index (χ0) is 18.2. The minimum absolute atomic E-state index is 0.107. The van der Waals surface area contributed by atoms with Gasteiger partial charge in [-0.2, -0.15) is 0 Å². The summed E-state index contributed by atoms with van der Waals surface area (Å²) in [5.41, 5.74) is 1.71. The van der Waals surface area contributed by atoms with E-state index in [0.717, 1.165) is 11.1 Å². The minimum atomic E-state index is -0.244. The van der Waals surface area contributed by atoms with E-state index in [-0.39, 0.29) is 24.0 Å². The number of hydrogen-bond donors (Lipinski definition) is 3. The Hall–Kier alpha value is -2.89. The monoisotopic (exact) mass is 345 g/mol. The maximum absolute atomic E-state index is 11.9. The van der Waals surface area contributed by atoms with Crippen LogP contribution in [0.2, 0.25) is 0 Å². The van der Waals surface area contributed by atoms with Crippen molar-refractivity contribution in [3.05, 3.63) is 47.5 Å². The van der Waals surface area contributed by atoms with Crippen LogP contribution < -0.4 is 14.8 Å². The highest BCUT2D eigenvalue weighted by molar-refractivity contribution is 5.77. The van der Waals surface area contributed by atoms with Gasteiger partial charge >= 0.3 is 0 Å². The molecule has 134 valence electrons. The normalized spacial score (nSPS) is 10.3. The second-order valence-electron chi connectivity index (χ2n) is 5.54. The van der Waals surface area contributed by atoms with Gasteiger partial charge in [0, 0.05) is 6.54 Å². The second-order valence-corrected chi connectivity index (χ2v) is 5.54. The van der Waals surface area contributed by atoms with Crippen LogP contribution in [-0.2, 0) is 11.2 Å². The number of benzene rings is 2. The zero-order valence-corrected chi connectivity index (χ0v) is 14.4. The van der Waals surface area contributed by atoms with E-state index < -0.39 is 0 Å². The highest BCUT2D eigenvalue weighted by Gasteiger charge is 2.09. The van der Waals surface area contributed by atoms with E-state index in [9.17, 15) is 15.0 Å². The first-order valence-electron chi connectivity index (χ1n) is 8.14. The Morgan fingerprint density at radius 2 is 1.72 bits per heavy atom. The Balaban J connectivity index is 1.81. The summed E-state index contributed by atoms with van der Waals surface area (Å²) in [7, 11) is 0. The van der Waals surface area contributed by atoms with Gasteiger partial charge in [0.05, 0.1) is 6.61 Å². The minimum Gasteiger partial charge on any atom is -0.504 e. The van der Waals surface area contributed by atoms with Gasteiger partial charge in [0.15, 0.2) is 29.6 Å². The average molecular weight is 345 g/mol. The molecule has 0 atom stereocenters. The first-order chi connectivity index (χ1) is 12.0. The number of rotatable bonds is 8. The predicted octanol–water partition coefficient (Wildman–Crippen LogP) is 2.54. The molecule has 0 spiro atoms. The van der Waals surface area contributed by atoms with Crippen LogP contribution in [0.1, 0.15) is 18.1 Å². The molecule has 0 aliphatic carbocycles. The fraction of sp³-hybridized carbons (Fsp3) is 0.316. The molecule has 0 saturated carbocycles. The van der Waals surface area contributed by atoms with Crippen LogP contribution in [0.15, 0.2) is 36.4 Å². The van der Waals surface area contributed by atoms with Gasteiger partial charge < -0.3 is 25.0 Å². The van der Waals surface area contributed by atoms with E-state index in [1.165, 1.54) is 12.1 Å². The molecule has 0 heterocycles. The number of para-hydroxylation sites is 2. The number of nitrogens with one attached hydrogen (secondary N) is 1. The van der Waals surface area contributed by atoms with Crippen molar-refractivity contribution < 1.29 is 24.5 Å². The van der Waals surface area contributed by atoms with E-state index in [2.05, 4.69) is 5.32 Å². The molecule has 2 aromatic carbocycles. The smallest absolute Gasteiger partial charge is 0.257 e. The van der Waals surface area contributed by atoms with Crippen molar-refractivity contribution in [1.82, 2.24) is 5.32 Å². The molecule has 0 saturated heterocycles. The number of amides is 1. The molecule has 0 aliphatic rings. The molecule has 0 aliphatic heterocycles. The third kappa shape index (κ3) is 5.31. The van der Waals surface area contributed by atoms with Crippen molar-refractivity contribution in [1.29, 1.82) is 0 Å². The summed E-state index contributed by atoms with van der Waals surface area (Å²) in [5, 5.41) is 21.7. The predicted molar refractivity (Wildman–Crippen MR) is 94.3 cm³/mol. The van der Waals surface area contributed by atoms with Gasteiger partial charge in [-0.3, -0.25) is 4.79 Å². The molecule has 2 rings (SSSR count). The zero-order valence-electron chi connectivity index (χ0n) is 14.4. The molecule has 0 radical (unpaired) electrons. The SMILES string of the molecule is CCOc1ccccc1OCC(=O)NCCc1cc(O)c(O)cc1C. The van der Waals surface area contributed by atoms with Crippen LogP contribution in [0.5, 0.6) is 23.0 Å². The third-order valence-electron chi connectivity index (χ3n) is 3.66. The van der Waals surface area contributed by atoms with Crippen molar-refractivity contribution in [2.24, 2.45) is 0 Å². The van der Waals surface area contributed by atoms with Crippen LogP contribution in [0.3, 0.4) is 0 Å². The number of phenols is 2. The van der Waals surface area contributed by atoms with E-state index in [1.54, 1.807) is 12.1 Å². The summed E-state index contributed by atoms with van der Waals surface area (Å²) in [6.45, 7) is 4.53. The molecule has 6 nitrogen and oxygen atoms in total. The van der Waals surface area contributed by atoms with Crippen molar-refractivity contribution in [2.75, 3.05) is 19.8 Å². The van der Waals surface area contributed by atoms with Gasteiger partial charge in [0.25, 0.3) is 5.91 Å². The molecule has 0 fully saturated rings. The molecular weight excluding hydrogens is 322 g/mol. The molecule has 0 unspecified atom stereocenters. The Bertz CT molecular complexity index is 730. The molecule has 0 bridgehead atoms. The summed E-state index contributed by atoms with van der Waals surface area (Å²) in [6, 6.07) is 10.2. The first-order valence-corrected chi connectivity index (χ1v) is 8.14. The molecule has 0 aromatic heterocycles. The van der Waals surface area contributed by atoms with Crippen LogP contribution in [0.25, 0.3) is 0 Å². The summed E-state index contributed by atoms with van der Waals surface area (Å²) in [4.78, 5) is 11.9. The third-order valence-corrected chi connectivity index (χ3v) is 3.66. The maximum atomic E-state index is 11.9. The van der Waals surface area contributed by atoms with E-state index in [1.807, 2.05) is 26.0 Å². The lowest BCUT2D eigenvalue weighted by Crippen LogP contribution is -2.30. The summed E-state index contributed by atoms with van der Waals surface area (Å²) < 4.78 is 10.9. The average Bonchev–Trinajstić information content (AvgIpc) is 2.59. The van der Waals surface area contributed by atoms with Gasteiger partial charge in [0.2, 0.25) is 0 Å². The highest BCUT2D eigenvalue weighted by atomic mass is 16.5. The quantitative estimate of drug-likeness (QED) is 0.640. The van der Waals surface area contributed by atoms with Crippen LogP contribution in [-0.4, -0.2) is 35.9 Å². The molecule has 3 N–H and O–H groups in total.